The number of ether oxygens (including phenoxy) is 1. The third kappa shape index (κ3) is 4.21. The lowest BCUT2D eigenvalue weighted by Crippen LogP contribution is -2.29. The third-order valence-electron chi connectivity index (χ3n) is 4.12. The molecule has 1 aliphatic rings. The van der Waals surface area contributed by atoms with Crippen molar-refractivity contribution in [1.82, 2.24) is 14.9 Å². The second-order valence-electron chi connectivity index (χ2n) is 5.85. The Morgan fingerprint density at radius 3 is 2.92 bits per heavy atom. The van der Waals surface area contributed by atoms with Crippen molar-refractivity contribution < 1.29 is 13.9 Å². The molecular weight excluding hydrogens is 321 g/mol. The van der Waals surface area contributed by atoms with Crippen LogP contribution in [0.4, 0.5) is 4.39 Å². The largest absolute Gasteiger partial charge is 0.470 e. The predicted octanol–water partition coefficient (Wildman–Crippen LogP) is 2.87. The van der Waals surface area contributed by atoms with Crippen molar-refractivity contribution in [2.24, 2.45) is 0 Å². The van der Waals surface area contributed by atoms with Gasteiger partial charge < -0.3 is 9.64 Å². The highest BCUT2D eigenvalue weighted by Gasteiger charge is 2.28. The number of nitrogens with zero attached hydrogens (tertiary/aromatic N) is 3. The van der Waals surface area contributed by atoms with E-state index < -0.39 is 5.82 Å². The molecule has 0 N–H and O–H groups in total. The first-order chi connectivity index (χ1) is 12.2. The van der Waals surface area contributed by atoms with Crippen molar-refractivity contribution in [1.29, 1.82) is 0 Å². The molecule has 5 nitrogen and oxygen atoms in total. The molecule has 2 heterocycles. The smallest absolute Gasteiger partial charge is 0.254 e. The average molecular weight is 341 g/mol. The summed E-state index contributed by atoms with van der Waals surface area (Å²) in [5.41, 5.74) is 1.31. The third-order valence-corrected chi connectivity index (χ3v) is 4.12. The molecule has 1 fully saturated rings. The Kier molecular flexibility index (Phi) is 5.38. The van der Waals surface area contributed by atoms with Gasteiger partial charge in [-0.05, 0) is 18.1 Å². The predicted molar refractivity (Wildman–Crippen MR) is 92.5 cm³/mol. The number of halogens is 1. The highest BCUT2D eigenvalue weighted by atomic mass is 19.1. The van der Waals surface area contributed by atoms with Gasteiger partial charge in [-0.3, -0.25) is 4.79 Å². The van der Waals surface area contributed by atoms with Gasteiger partial charge in [-0.2, -0.15) is 9.37 Å². The molecule has 1 saturated heterocycles. The molecule has 1 aromatic carbocycles. The Bertz CT molecular complexity index is 765. The molecule has 1 aliphatic heterocycles. The monoisotopic (exact) mass is 341 g/mol. The standard InChI is InChI=1S/C19H20FN3O2/c1-2-16-18(20)19(22-13-21-16)25-15-10-11-23(12-15)17(24)9-8-14-6-4-3-5-7-14/h3-9,13,15H,2,10-12H2,1H3/b9-8+/t15-/m0/s1. The summed E-state index contributed by atoms with van der Waals surface area (Å²) in [6, 6.07) is 9.64. The normalized spacial score (nSPS) is 17.2. The zero-order valence-corrected chi connectivity index (χ0v) is 14.1. The van der Waals surface area contributed by atoms with Crippen LogP contribution in [0.3, 0.4) is 0 Å². The zero-order valence-electron chi connectivity index (χ0n) is 14.1. The van der Waals surface area contributed by atoms with Crippen LogP contribution in [0.15, 0.2) is 42.7 Å². The summed E-state index contributed by atoms with van der Waals surface area (Å²) >= 11 is 0. The fourth-order valence-corrected chi connectivity index (χ4v) is 2.74. The van der Waals surface area contributed by atoms with Crippen molar-refractivity contribution in [3.05, 3.63) is 59.8 Å². The first-order valence-electron chi connectivity index (χ1n) is 8.35. The van der Waals surface area contributed by atoms with Crippen LogP contribution in [-0.2, 0) is 11.2 Å². The summed E-state index contributed by atoms with van der Waals surface area (Å²) < 4.78 is 19.8. The van der Waals surface area contributed by atoms with E-state index in [1.54, 1.807) is 17.1 Å². The molecule has 0 aliphatic carbocycles. The van der Waals surface area contributed by atoms with E-state index in [1.165, 1.54) is 6.33 Å². The Morgan fingerprint density at radius 2 is 2.16 bits per heavy atom. The van der Waals surface area contributed by atoms with Gasteiger partial charge in [0.15, 0.2) is 0 Å². The average Bonchev–Trinajstić information content (AvgIpc) is 3.11. The molecule has 0 saturated carbocycles. The molecule has 2 aromatic rings. The van der Waals surface area contributed by atoms with Crippen LogP contribution in [0.1, 0.15) is 24.6 Å². The number of aryl methyl sites for hydroxylation is 1. The number of rotatable bonds is 5. The zero-order chi connectivity index (χ0) is 17.6. The molecule has 25 heavy (non-hydrogen) atoms. The number of hydrogen-bond donors (Lipinski definition) is 0. The van der Waals surface area contributed by atoms with Crippen LogP contribution < -0.4 is 4.74 Å². The Balaban J connectivity index is 1.58. The lowest BCUT2D eigenvalue weighted by Gasteiger charge is -2.16. The second-order valence-corrected chi connectivity index (χ2v) is 5.85. The van der Waals surface area contributed by atoms with E-state index in [2.05, 4.69) is 9.97 Å². The minimum atomic E-state index is -0.515. The van der Waals surface area contributed by atoms with Gasteiger partial charge in [-0.1, -0.05) is 37.3 Å². The van der Waals surface area contributed by atoms with E-state index in [-0.39, 0.29) is 17.9 Å². The van der Waals surface area contributed by atoms with E-state index in [0.717, 1.165) is 5.56 Å². The number of hydrogen-bond acceptors (Lipinski definition) is 4. The lowest BCUT2D eigenvalue weighted by atomic mass is 10.2. The van der Waals surface area contributed by atoms with Crippen LogP contribution in [0.5, 0.6) is 5.88 Å². The minimum absolute atomic E-state index is 0.0361. The molecule has 0 radical (unpaired) electrons. The van der Waals surface area contributed by atoms with Crippen molar-refractivity contribution in [2.45, 2.75) is 25.9 Å². The number of carbonyl (C=O) groups is 1. The molecule has 1 amide bonds. The van der Waals surface area contributed by atoms with Gasteiger partial charge in [0.1, 0.15) is 12.4 Å². The van der Waals surface area contributed by atoms with Gasteiger partial charge in [0.05, 0.1) is 12.2 Å². The quantitative estimate of drug-likeness (QED) is 0.785. The highest BCUT2D eigenvalue weighted by molar-refractivity contribution is 5.92. The maximum atomic E-state index is 14.1. The van der Waals surface area contributed by atoms with E-state index in [4.69, 9.17) is 4.74 Å². The molecule has 1 atom stereocenters. The maximum Gasteiger partial charge on any atom is 0.254 e. The number of carbonyl (C=O) groups excluding carboxylic acids is 1. The Hall–Kier alpha value is -2.76. The van der Waals surface area contributed by atoms with Crippen molar-refractivity contribution in [2.75, 3.05) is 13.1 Å². The van der Waals surface area contributed by atoms with Crippen LogP contribution in [0.2, 0.25) is 0 Å². The van der Waals surface area contributed by atoms with Crippen LogP contribution in [0.25, 0.3) is 6.08 Å². The summed E-state index contributed by atoms with van der Waals surface area (Å²) in [6.45, 7) is 2.82. The van der Waals surface area contributed by atoms with Crippen molar-refractivity contribution >= 4 is 12.0 Å². The van der Waals surface area contributed by atoms with Gasteiger partial charge >= 0.3 is 0 Å². The molecule has 3 rings (SSSR count). The van der Waals surface area contributed by atoms with Gasteiger partial charge in [-0.25, -0.2) is 4.98 Å². The van der Waals surface area contributed by atoms with Gasteiger partial charge in [-0.15, -0.1) is 0 Å². The maximum absolute atomic E-state index is 14.1. The van der Waals surface area contributed by atoms with Gasteiger partial charge in [0.2, 0.25) is 11.7 Å². The molecule has 1 aromatic heterocycles. The Morgan fingerprint density at radius 1 is 1.36 bits per heavy atom. The molecule has 0 unspecified atom stereocenters. The van der Waals surface area contributed by atoms with Crippen molar-refractivity contribution in [3.8, 4) is 5.88 Å². The van der Waals surface area contributed by atoms with Gasteiger partial charge in [0.25, 0.3) is 5.88 Å². The van der Waals surface area contributed by atoms with E-state index >= 15 is 0 Å². The van der Waals surface area contributed by atoms with Crippen LogP contribution in [-0.4, -0.2) is 40.0 Å². The van der Waals surface area contributed by atoms with Gasteiger partial charge in [0, 0.05) is 19.0 Å². The molecular formula is C19H20FN3O2. The molecule has 6 heteroatoms. The molecule has 0 bridgehead atoms. The number of likely N-dealkylation sites (tertiary alicyclic amines) is 1. The fraction of sp³-hybridized carbons (Fsp3) is 0.316. The van der Waals surface area contributed by atoms with Crippen molar-refractivity contribution in [3.63, 3.8) is 0 Å². The lowest BCUT2D eigenvalue weighted by molar-refractivity contribution is -0.125. The SMILES string of the molecule is CCc1ncnc(O[C@H]2CCN(C(=O)/C=C/c3ccccc3)C2)c1F. The molecule has 0 spiro atoms. The van der Waals surface area contributed by atoms with E-state index in [0.29, 0.717) is 31.6 Å². The number of benzene rings is 1. The summed E-state index contributed by atoms with van der Waals surface area (Å²) in [4.78, 5) is 21.7. The summed E-state index contributed by atoms with van der Waals surface area (Å²) in [5, 5.41) is 0. The fourth-order valence-electron chi connectivity index (χ4n) is 2.74. The first-order valence-corrected chi connectivity index (χ1v) is 8.35. The van der Waals surface area contributed by atoms with Crippen LogP contribution in [0, 0.1) is 5.82 Å². The van der Waals surface area contributed by atoms with E-state index in [9.17, 15) is 9.18 Å². The summed E-state index contributed by atoms with van der Waals surface area (Å²) in [6.07, 6.45) is 5.51. The minimum Gasteiger partial charge on any atom is -0.470 e. The Labute approximate surface area is 146 Å². The first kappa shape index (κ1) is 17.1. The summed E-state index contributed by atoms with van der Waals surface area (Å²) in [7, 11) is 0. The second kappa shape index (κ2) is 7.88. The van der Waals surface area contributed by atoms with Crippen LogP contribution >= 0.6 is 0 Å². The summed E-state index contributed by atoms with van der Waals surface area (Å²) in [5.74, 6) is -0.628. The molecule has 130 valence electrons. The topological polar surface area (TPSA) is 55.3 Å². The highest BCUT2D eigenvalue weighted by Crippen LogP contribution is 2.21. The van der Waals surface area contributed by atoms with E-state index in [1.807, 2.05) is 37.3 Å². The number of amides is 1. The number of aromatic nitrogens is 2.